The summed E-state index contributed by atoms with van der Waals surface area (Å²) in [6.07, 6.45) is 0.678. The maximum Gasteiger partial charge on any atom is 0.255 e. The number of fused-ring (bicyclic) bond motifs is 2. The average Bonchev–Trinajstić information content (AvgIpc) is 2.87. The van der Waals surface area contributed by atoms with Gasteiger partial charge < -0.3 is 20.5 Å². The van der Waals surface area contributed by atoms with Crippen molar-refractivity contribution in [2.75, 3.05) is 25.6 Å². The fraction of sp³-hybridized carbons (Fsp3) is 0.440. The summed E-state index contributed by atoms with van der Waals surface area (Å²) in [5, 5.41) is 14.9. The zero-order valence-electron chi connectivity index (χ0n) is 20.3. The first kappa shape index (κ1) is 28.3. The van der Waals surface area contributed by atoms with Gasteiger partial charge >= 0.3 is 0 Å². The summed E-state index contributed by atoms with van der Waals surface area (Å²) in [5.74, 6) is -6.71. The monoisotopic (exact) mass is 574 g/mol. The van der Waals surface area contributed by atoms with Crippen molar-refractivity contribution in [2.45, 2.75) is 41.4 Å². The number of ether oxygens (including phenoxy) is 1. The summed E-state index contributed by atoms with van der Waals surface area (Å²) in [6.45, 7) is 0.623. The standard InChI is InChI=1S/C25H26ClF3N2O6S/c1-37-5-4-30-22(32)12-25(34)14-7-15(25)9-17(8-14)38(35,36)21-6-13(2-3-18(21)26)24(33)31-16-10-19(27)23(29)20(28)11-16/h2-3,6,10-11,14-15,17,34H,4-5,7-9,12H2,1H3,(H,30,32)(H,31,33). The number of nitrogens with one attached hydrogen (secondary N) is 2. The van der Waals surface area contributed by atoms with Crippen molar-refractivity contribution in [2.24, 2.45) is 11.8 Å². The minimum absolute atomic E-state index is 0.113. The van der Waals surface area contributed by atoms with Gasteiger partial charge in [0.15, 0.2) is 27.3 Å². The van der Waals surface area contributed by atoms with Gasteiger partial charge in [0.1, 0.15) is 0 Å². The van der Waals surface area contributed by atoms with Crippen LogP contribution in [0.2, 0.25) is 5.02 Å². The first-order valence-corrected chi connectivity index (χ1v) is 13.8. The topological polar surface area (TPSA) is 122 Å². The van der Waals surface area contributed by atoms with E-state index in [4.69, 9.17) is 16.3 Å². The van der Waals surface area contributed by atoms with E-state index < -0.39 is 55.9 Å². The predicted molar refractivity (Wildman–Crippen MR) is 132 cm³/mol. The largest absolute Gasteiger partial charge is 0.389 e. The molecule has 13 heteroatoms. The van der Waals surface area contributed by atoms with Gasteiger partial charge in [-0.3, -0.25) is 9.59 Å². The Kier molecular flexibility index (Phi) is 8.08. The van der Waals surface area contributed by atoms with Crippen molar-refractivity contribution in [1.29, 1.82) is 0 Å². The molecule has 2 atom stereocenters. The second-order valence-electron chi connectivity index (χ2n) is 9.63. The van der Waals surface area contributed by atoms with Gasteiger partial charge in [-0.1, -0.05) is 11.6 Å². The van der Waals surface area contributed by atoms with Gasteiger partial charge in [0.25, 0.3) is 5.91 Å². The van der Waals surface area contributed by atoms with E-state index in [0.717, 1.165) is 6.07 Å². The molecule has 2 unspecified atom stereocenters. The number of hydrogen-bond acceptors (Lipinski definition) is 6. The first-order chi connectivity index (χ1) is 17.9. The lowest BCUT2D eigenvalue weighted by Gasteiger charge is -2.58. The Bertz CT molecular complexity index is 1340. The molecule has 3 fully saturated rings. The maximum absolute atomic E-state index is 13.5. The van der Waals surface area contributed by atoms with Crippen LogP contribution in [0.4, 0.5) is 18.9 Å². The number of carbonyl (C=O) groups excluding carboxylic acids is 2. The van der Waals surface area contributed by atoms with Crippen LogP contribution in [-0.4, -0.2) is 56.5 Å². The Morgan fingerprint density at radius 1 is 1.11 bits per heavy atom. The van der Waals surface area contributed by atoms with E-state index >= 15 is 0 Å². The lowest BCUT2D eigenvalue weighted by Crippen LogP contribution is -2.63. The minimum Gasteiger partial charge on any atom is -0.389 e. The van der Waals surface area contributed by atoms with Crippen LogP contribution in [0.3, 0.4) is 0 Å². The summed E-state index contributed by atoms with van der Waals surface area (Å²) >= 11 is 6.19. The molecule has 8 nitrogen and oxygen atoms in total. The third-order valence-electron chi connectivity index (χ3n) is 7.33. The van der Waals surface area contributed by atoms with Crippen LogP contribution >= 0.6 is 11.6 Å². The van der Waals surface area contributed by atoms with Gasteiger partial charge in [-0.25, -0.2) is 21.6 Å². The van der Waals surface area contributed by atoms with Crippen molar-refractivity contribution < 1.29 is 41.0 Å². The molecule has 206 valence electrons. The molecule has 5 rings (SSSR count). The Balaban J connectivity index is 1.48. The molecule has 3 aliphatic rings. The first-order valence-electron chi connectivity index (χ1n) is 11.8. The molecule has 2 aromatic rings. The van der Waals surface area contributed by atoms with E-state index in [1.165, 1.54) is 19.2 Å². The number of benzene rings is 2. The molecule has 38 heavy (non-hydrogen) atoms. The fourth-order valence-electron chi connectivity index (χ4n) is 5.28. The summed E-state index contributed by atoms with van der Waals surface area (Å²) in [7, 11) is -2.55. The molecule has 0 radical (unpaired) electrons. The highest BCUT2D eigenvalue weighted by Gasteiger charge is 2.60. The van der Waals surface area contributed by atoms with Crippen molar-refractivity contribution in [3.05, 3.63) is 58.4 Å². The molecular weight excluding hydrogens is 549 g/mol. The number of carbonyl (C=O) groups is 2. The number of anilines is 1. The SMILES string of the molecule is COCCNC(=O)CC1(O)C2CC1CC(S(=O)(=O)c1cc(C(=O)Nc3cc(F)c(F)c(F)c3)ccc1Cl)C2. The molecule has 0 heterocycles. The van der Waals surface area contributed by atoms with Gasteiger partial charge in [0.2, 0.25) is 5.91 Å². The smallest absolute Gasteiger partial charge is 0.255 e. The molecular formula is C25H26ClF3N2O6S. The Morgan fingerprint density at radius 3 is 2.34 bits per heavy atom. The summed E-state index contributed by atoms with van der Waals surface area (Å²) in [5.41, 5.74) is -1.80. The summed E-state index contributed by atoms with van der Waals surface area (Å²) in [4.78, 5) is 24.6. The summed E-state index contributed by atoms with van der Waals surface area (Å²) in [6, 6.07) is 4.72. The van der Waals surface area contributed by atoms with E-state index in [1.807, 2.05) is 0 Å². The van der Waals surface area contributed by atoms with Gasteiger partial charge in [0, 0.05) is 37.0 Å². The second-order valence-corrected chi connectivity index (χ2v) is 12.2. The van der Waals surface area contributed by atoms with E-state index in [-0.39, 0.29) is 46.3 Å². The molecule has 2 bridgehead atoms. The molecule has 3 aliphatic carbocycles. The zero-order valence-corrected chi connectivity index (χ0v) is 21.8. The Labute approximate surface area is 222 Å². The highest BCUT2D eigenvalue weighted by Crippen LogP contribution is 2.57. The molecule has 0 aromatic heterocycles. The molecule has 0 spiro atoms. The number of aliphatic hydroxyl groups is 1. The quantitative estimate of drug-likeness (QED) is 0.311. The van der Waals surface area contributed by atoms with Crippen LogP contribution in [0.15, 0.2) is 35.2 Å². The van der Waals surface area contributed by atoms with Crippen LogP contribution in [-0.2, 0) is 19.4 Å². The highest BCUT2D eigenvalue weighted by atomic mass is 35.5. The number of hydrogen-bond donors (Lipinski definition) is 3. The van der Waals surface area contributed by atoms with Crippen LogP contribution in [0.1, 0.15) is 36.0 Å². The van der Waals surface area contributed by atoms with E-state index in [9.17, 15) is 36.3 Å². The minimum atomic E-state index is -4.05. The second kappa shape index (κ2) is 10.8. The molecule has 2 aromatic carbocycles. The van der Waals surface area contributed by atoms with Gasteiger partial charge in [-0.15, -0.1) is 0 Å². The number of methoxy groups -OCH3 is 1. The van der Waals surface area contributed by atoms with E-state index in [1.54, 1.807) is 0 Å². The van der Waals surface area contributed by atoms with E-state index in [2.05, 4.69) is 10.6 Å². The molecule has 3 N–H and O–H groups in total. The molecule has 0 aliphatic heterocycles. The number of sulfone groups is 1. The van der Waals surface area contributed by atoms with Crippen molar-refractivity contribution in [3.63, 3.8) is 0 Å². The predicted octanol–water partition coefficient (Wildman–Crippen LogP) is 3.47. The fourth-order valence-corrected chi connectivity index (χ4v) is 7.69. The number of rotatable bonds is 9. The van der Waals surface area contributed by atoms with Crippen LogP contribution in [0.5, 0.6) is 0 Å². The lowest BCUT2D eigenvalue weighted by atomic mass is 9.52. The highest BCUT2D eigenvalue weighted by molar-refractivity contribution is 7.92. The molecule has 2 amide bonds. The van der Waals surface area contributed by atoms with Crippen molar-refractivity contribution >= 4 is 38.9 Å². The molecule has 0 saturated heterocycles. The number of halogens is 4. The van der Waals surface area contributed by atoms with Crippen LogP contribution < -0.4 is 10.6 Å². The number of amides is 2. The lowest BCUT2D eigenvalue weighted by molar-refractivity contribution is -0.183. The Hall–Kier alpha value is -2.67. The van der Waals surface area contributed by atoms with E-state index in [0.29, 0.717) is 31.7 Å². The molecule has 3 saturated carbocycles. The third-order valence-corrected chi connectivity index (χ3v) is 9.99. The van der Waals surface area contributed by atoms with Crippen LogP contribution in [0.25, 0.3) is 0 Å². The normalized spacial score (nSPS) is 24.4. The van der Waals surface area contributed by atoms with Crippen molar-refractivity contribution in [1.82, 2.24) is 5.32 Å². The average molecular weight is 575 g/mol. The zero-order chi connectivity index (χ0) is 27.8. The summed E-state index contributed by atoms with van der Waals surface area (Å²) < 4.78 is 72.1. The van der Waals surface area contributed by atoms with Gasteiger partial charge in [0.05, 0.1) is 33.8 Å². The van der Waals surface area contributed by atoms with Crippen molar-refractivity contribution in [3.8, 4) is 0 Å². The Morgan fingerprint density at radius 2 is 1.74 bits per heavy atom. The third kappa shape index (κ3) is 5.40. The maximum atomic E-state index is 13.5. The van der Waals surface area contributed by atoms with Crippen LogP contribution in [0, 0.1) is 29.3 Å². The van der Waals surface area contributed by atoms with Gasteiger partial charge in [-0.05, 0) is 49.3 Å². The van der Waals surface area contributed by atoms with Gasteiger partial charge in [-0.2, -0.15) is 0 Å².